The summed E-state index contributed by atoms with van der Waals surface area (Å²) in [5.74, 6) is 0.364. The van der Waals surface area contributed by atoms with E-state index in [9.17, 15) is 9.90 Å². The number of likely N-dealkylation sites (tertiary alicyclic amines) is 1. The van der Waals surface area contributed by atoms with Crippen molar-refractivity contribution in [3.8, 4) is 5.75 Å². The monoisotopic (exact) mass is 615 g/mol. The second-order valence-corrected chi connectivity index (χ2v) is 12.2. The summed E-state index contributed by atoms with van der Waals surface area (Å²) in [6, 6.07) is 23.0. The van der Waals surface area contributed by atoms with E-state index in [1.807, 2.05) is 81.4 Å². The summed E-state index contributed by atoms with van der Waals surface area (Å²) < 4.78 is 23.5. The highest BCUT2D eigenvalue weighted by Gasteiger charge is 2.40. The second-order valence-electron chi connectivity index (χ2n) is 11.4. The molecule has 3 aromatic carbocycles. The smallest absolute Gasteiger partial charge is 0.410 e. The summed E-state index contributed by atoms with van der Waals surface area (Å²) in [5.41, 5.74) is 2.22. The van der Waals surface area contributed by atoms with Gasteiger partial charge in [0.2, 0.25) is 0 Å². The number of nitrogens with zero attached hydrogens (tertiary/aromatic N) is 1. The third-order valence-electron chi connectivity index (χ3n) is 6.80. The first kappa shape index (κ1) is 32.1. The molecule has 1 heterocycles. The van der Waals surface area contributed by atoms with Crippen molar-refractivity contribution >= 4 is 29.3 Å². The lowest BCUT2D eigenvalue weighted by molar-refractivity contribution is -0.0755. The number of β-amino-alcohol motifs (C(OH)–C–C–N with tert-alkyl or cyclic N) is 1. The van der Waals surface area contributed by atoms with Crippen molar-refractivity contribution in [1.29, 1.82) is 0 Å². The highest BCUT2D eigenvalue weighted by molar-refractivity contribution is 6.42. The SMILES string of the molecule is CC(C)(C)OC(=O)N1CC(O)C(c2ccc(OCCCOCc3ccccc3)cc2)C(OCc2ccc(Cl)c(Cl)c2)C1. The van der Waals surface area contributed by atoms with Gasteiger partial charge in [-0.1, -0.05) is 71.7 Å². The Hall–Kier alpha value is -2.81. The summed E-state index contributed by atoms with van der Waals surface area (Å²) in [7, 11) is 0. The molecular formula is C33H39Cl2NO6. The Labute approximate surface area is 258 Å². The van der Waals surface area contributed by atoms with Crippen LogP contribution in [0.5, 0.6) is 5.75 Å². The lowest BCUT2D eigenvalue weighted by atomic mass is 9.84. The van der Waals surface area contributed by atoms with Crippen LogP contribution in [0, 0.1) is 0 Å². The Morgan fingerprint density at radius 1 is 0.905 bits per heavy atom. The third-order valence-corrected chi connectivity index (χ3v) is 7.54. The normalized spacial score (nSPS) is 19.0. The quantitative estimate of drug-likeness (QED) is 0.229. The van der Waals surface area contributed by atoms with Crippen molar-refractivity contribution in [2.45, 2.75) is 64.1 Å². The molecule has 0 aliphatic carbocycles. The van der Waals surface area contributed by atoms with Gasteiger partial charge >= 0.3 is 6.09 Å². The van der Waals surface area contributed by atoms with Crippen LogP contribution in [0.1, 0.15) is 49.8 Å². The molecule has 1 fully saturated rings. The van der Waals surface area contributed by atoms with E-state index < -0.39 is 23.9 Å². The number of carbonyl (C=O) groups is 1. The summed E-state index contributed by atoms with van der Waals surface area (Å²) in [6.45, 7) is 7.79. The Bertz CT molecular complexity index is 1280. The molecule has 7 nitrogen and oxygen atoms in total. The van der Waals surface area contributed by atoms with Crippen LogP contribution in [0.15, 0.2) is 72.8 Å². The first-order chi connectivity index (χ1) is 20.1. The highest BCUT2D eigenvalue weighted by Crippen LogP contribution is 2.34. The Morgan fingerprint density at radius 2 is 1.64 bits per heavy atom. The van der Waals surface area contributed by atoms with E-state index in [2.05, 4.69) is 0 Å². The van der Waals surface area contributed by atoms with Crippen molar-refractivity contribution in [2.75, 3.05) is 26.3 Å². The minimum Gasteiger partial charge on any atom is -0.494 e. The minimum atomic E-state index is -0.862. The first-order valence-corrected chi connectivity index (χ1v) is 14.9. The summed E-state index contributed by atoms with van der Waals surface area (Å²) in [5, 5.41) is 12.1. The zero-order valence-electron chi connectivity index (χ0n) is 24.3. The van der Waals surface area contributed by atoms with Gasteiger partial charge in [-0.2, -0.15) is 0 Å². The number of ether oxygens (including phenoxy) is 4. The molecule has 1 aliphatic heterocycles. The van der Waals surface area contributed by atoms with E-state index in [0.29, 0.717) is 29.9 Å². The van der Waals surface area contributed by atoms with Crippen LogP contribution >= 0.6 is 23.2 Å². The van der Waals surface area contributed by atoms with E-state index >= 15 is 0 Å². The van der Waals surface area contributed by atoms with E-state index in [-0.39, 0.29) is 25.6 Å². The number of halogens is 2. The van der Waals surface area contributed by atoms with Crippen LogP contribution < -0.4 is 4.74 Å². The number of benzene rings is 3. The van der Waals surface area contributed by atoms with Gasteiger partial charge in [0.15, 0.2) is 0 Å². The predicted octanol–water partition coefficient (Wildman–Crippen LogP) is 7.26. The maximum absolute atomic E-state index is 12.9. The molecule has 0 bridgehead atoms. The predicted molar refractivity (Wildman–Crippen MR) is 164 cm³/mol. The molecule has 4 rings (SSSR count). The Balaban J connectivity index is 1.37. The van der Waals surface area contributed by atoms with Gasteiger partial charge in [0.05, 0.1) is 61.8 Å². The molecule has 226 valence electrons. The van der Waals surface area contributed by atoms with Gasteiger partial charge in [-0.3, -0.25) is 0 Å². The van der Waals surface area contributed by atoms with Gasteiger partial charge in [0, 0.05) is 12.3 Å². The Morgan fingerprint density at radius 3 is 2.33 bits per heavy atom. The molecule has 1 saturated heterocycles. The molecule has 3 atom stereocenters. The van der Waals surface area contributed by atoms with Gasteiger partial charge in [0.25, 0.3) is 0 Å². The number of aliphatic hydroxyl groups excluding tert-OH is 1. The number of amides is 1. The van der Waals surface area contributed by atoms with Crippen LogP contribution in [0.3, 0.4) is 0 Å². The molecule has 9 heteroatoms. The van der Waals surface area contributed by atoms with E-state index in [4.69, 9.17) is 42.1 Å². The van der Waals surface area contributed by atoms with Crippen LogP contribution in [0.4, 0.5) is 4.79 Å². The maximum atomic E-state index is 12.9. The van der Waals surface area contributed by atoms with Gasteiger partial charge < -0.3 is 29.0 Å². The molecule has 0 spiro atoms. The number of piperidine rings is 1. The number of aliphatic hydroxyl groups is 1. The second kappa shape index (κ2) is 15.1. The van der Waals surface area contributed by atoms with Gasteiger partial charge in [-0.05, 0) is 61.7 Å². The molecule has 3 aromatic rings. The average Bonchev–Trinajstić information content (AvgIpc) is 2.95. The molecule has 1 N–H and O–H groups in total. The third kappa shape index (κ3) is 9.61. The fourth-order valence-electron chi connectivity index (χ4n) is 4.80. The zero-order chi connectivity index (χ0) is 30.1. The molecule has 42 heavy (non-hydrogen) atoms. The van der Waals surface area contributed by atoms with Crippen molar-refractivity contribution < 1.29 is 28.8 Å². The fourth-order valence-corrected chi connectivity index (χ4v) is 5.12. The number of hydrogen-bond donors (Lipinski definition) is 1. The molecule has 0 saturated carbocycles. The van der Waals surface area contributed by atoms with Crippen LogP contribution in [0.2, 0.25) is 10.0 Å². The van der Waals surface area contributed by atoms with Crippen molar-refractivity contribution in [2.24, 2.45) is 0 Å². The van der Waals surface area contributed by atoms with Crippen LogP contribution in [-0.2, 0) is 27.4 Å². The van der Waals surface area contributed by atoms with Crippen molar-refractivity contribution in [1.82, 2.24) is 4.90 Å². The van der Waals surface area contributed by atoms with Crippen molar-refractivity contribution in [3.63, 3.8) is 0 Å². The summed E-state index contributed by atoms with van der Waals surface area (Å²) in [4.78, 5) is 14.4. The van der Waals surface area contributed by atoms with Crippen LogP contribution in [0.25, 0.3) is 0 Å². The molecule has 0 aromatic heterocycles. The lowest BCUT2D eigenvalue weighted by Crippen LogP contribution is -2.54. The molecule has 3 unspecified atom stereocenters. The Kier molecular flexibility index (Phi) is 11.5. The summed E-state index contributed by atoms with van der Waals surface area (Å²) >= 11 is 12.3. The molecule has 1 amide bonds. The number of carbonyl (C=O) groups excluding carboxylic acids is 1. The largest absolute Gasteiger partial charge is 0.494 e. The van der Waals surface area contributed by atoms with E-state index in [1.54, 1.807) is 12.1 Å². The standard InChI is InChI=1S/C33H39Cl2NO6/c1-33(2,3)42-32(38)36-19-29(37)31(30(20-36)41-22-24-10-15-27(34)28(35)18-24)25-11-13-26(14-12-25)40-17-7-16-39-21-23-8-5-4-6-9-23/h4-6,8-15,18,29-31,37H,7,16-17,19-22H2,1-3H3. The molecule has 1 aliphatic rings. The topological polar surface area (TPSA) is 77.5 Å². The average molecular weight is 617 g/mol. The summed E-state index contributed by atoms with van der Waals surface area (Å²) in [6.07, 6.45) is -1.08. The van der Waals surface area contributed by atoms with Crippen LogP contribution in [-0.4, -0.2) is 60.2 Å². The number of hydrogen-bond acceptors (Lipinski definition) is 6. The van der Waals surface area contributed by atoms with Gasteiger partial charge in [-0.15, -0.1) is 0 Å². The van der Waals surface area contributed by atoms with E-state index in [1.165, 1.54) is 4.90 Å². The van der Waals surface area contributed by atoms with Crippen molar-refractivity contribution in [3.05, 3.63) is 99.5 Å². The minimum absolute atomic E-state index is 0.132. The highest BCUT2D eigenvalue weighted by atomic mass is 35.5. The molecule has 0 radical (unpaired) electrons. The maximum Gasteiger partial charge on any atom is 0.410 e. The van der Waals surface area contributed by atoms with E-state index in [0.717, 1.165) is 28.9 Å². The fraction of sp³-hybridized carbons (Fsp3) is 0.424. The number of rotatable bonds is 11. The lowest BCUT2D eigenvalue weighted by Gasteiger charge is -2.42. The van der Waals surface area contributed by atoms with Gasteiger partial charge in [0.1, 0.15) is 11.4 Å². The zero-order valence-corrected chi connectivity index (χ0v) is 25.8. The molecular weight excluding hydrogens is 577 g/mol. The first-order valence-electron chi connectivity index (χ1n) is 14.1. The van der Waals surface area contributed by atoms with Gasteiger partial charge in [-0.25, -0.2) is 4.79 Å².